The predicted molar refractivity (Wildman–Crippen MR) is 75.0 cm³/mol. The number of nitrogens with zero attached hydrogens (tertiary/aromatic N) is 3. The monoisotopic (exact) mass is 256 g/mol. The zero-order valence-electron chi connectivity index (χ0n) is 10.7. The minimum Gasteiger partial charge on any atom is -0.368 e. The van der Waals surface area contributed by atoms with Gasteiger partial charge in [0.25, 0.3) is 0 Å². The van der Waals surface area contributed by atoms with Gasteiger partial charge in [-0.15, -0.1) is 0 Å². The summed E-state index contributed by atoms with van der Waals surface area (Å²) >= 11 is 0. The first-order valence-electron chi connectivity index (χ1n) is 6.27. The third kappa shape index (κ3) is 2.42. The van der Waals surface area contributed by atoms with Crippen molar-refractivity contribution in [2.24, 2.45) is 0 Å². The molecule has 0 bridgehead atoms. The van der Waals surface area contributed by atoms with Gasteiger partial charge in [-0.1, -0.05) is 24.3 Å². The number of nitrogen functional groups attached to an aromatic ring is 1. The number of hydrogen-bond acceptors (Lipinski definition) is 6. The van der Waals surface area contributed by atoms with Gasteiger partial charge < -0.3 is 16.4 Å². The molecule has 1 heterocycles. The van der Waals surface area contributed by atoms with Crippen LogP contribution in [0, 0.1) is 0 Å². The molecule has 0 radical (unpaired) electrons. The van der Waals surface area contributed by atoms with Crippen LogP contribution in [0.15, 0.2) is 24.3 Å². The highest BCUT2D eigenvalue weighted by Crippen LogP contribution is 2.23. The fourth-order valence-corrected chi connectivity index (χ4v) is 2.41. The number of hydrogen-bond donors (Lipinski definition) is 3. The topological polar surface area (TPSA) is 88.8 Å². The molecule has 0 fully saturated rings. The number of rotatable bonds is 3. The van der Waals surface area contributed by atoms with Crippen molar-refractivity contribution in [3.8, 4) is 0 Å². The van der Waals surface area contributed by atoms with E-state index < -0.39 is 0 Å². The Bertz CT molecular complexity index is 572. The van der Waals surface area contributed by atoms with E-state index in [1.165, 1.54) is 11.1 Å². The number of benzene rings is 1. The van der Waals surface area contributed by atoms with Crippen molar-refractivity contribution >= 4 is 17.8 Å². The lowest BCUT2D eigenvalue weighted by molar-refractivity contribution is 0.760. The number of nitrogens with one attached hydrogen (secondary N) is 2. The van der Waals surface area contributed by atoms with Gasteiger partial charge in [0.15, 0.2) is 0 Å². The van der Waals surface area contributed by atoms with E-state index in [9.17, 15) is 0 Å². The van der Waals surface area contributed by atoms with E-state index >= 15 is 0 Å². The van der Waals surface area contributed by atoms with Crippen molar-refractivity contribution in [3.63, 3.8) is 0 Å². The minimum atomic E-state index is 0.220. The maximum atomic E-state index is 5.65. The molecule has 0 saturated heterocycles. The summed E-state index contributed by atoms with van der Waals surface area (Å²) in [4.78, 5) is 12.3. The first kappa shape index (κ1) is 11.7. The van der Waals surface area contributed by atoms with Crippen molar-refractivity contribution in [1.82, 2.24) is 15.0 Å². The highest BCUT2D eigenvalue weighted by atomic mass is 15.2. The van der Waals surface area contributed by atoms with Crippen molar-refractivity contribution in [3.05, 3.63) is 35.4 Å². The van der Waals surface area contributed by atoms with Crippen molar-refractivity contribution < 1.29 is 0 Å². The van der Waals surface area contributed by atoms with Gasteiger partial charge in [-0.25, -0.2) is 0 Å². The lowest BCUT2D eigenvalue weighted by Gasteiger charge is -2.12. The highest BCUT2D eigenvalue weighted by molar-refractivity contribution is 5.43. The molecule has 1 aliphatic rings. The van der Waals surface area contributed by atoms with Gasteiger partial charge in [0.1, 0.15) is 0 Å². The van der Waals surface area contributed by atoms with Crippen LogP contribution in [0.2, 0.25) is 0 Å². The standard InChI is InChI=1S/C13H16N6/c1-15-12-17-11(14)18-13(19-12)16-10-6-8-4-2-3-5-9(8)7-10/h2-5,10H,6-7H2,1H3,(H4,14,15,16,17,18,19). The summed E-state index contributed by atoms with van der Waals surface area (Å²) in [6.45, 7) is 0. The van der Waals surface area contributed by atoms with Crippen LogP contribution < -0.4 is 16.4 Å². The molecule has 4 N–H and O–H groups in total. The fraction of sp³-hybridized carbons (Fsp3) is 0.308. The van der Waals surface area contributed by atoms with Gasteiger partial charge in [0, 0.05) is 13.1 Å². The SMILES string of the molecule is CNc1nc(N)nc(NC2Cc3ccccc3C2)n1. The molecule has 1 aliphatic carbocycles. The summed E-state index contributed by atoms with van der Waals surface area (Å²) in [5.41, 5.74) is 8.42. The predicted octanol–water partition coefficient (Wildman–Crippen LogP) is 1.07. The zero-order valence-corrected chi connectivity index (χ0v) is 10.7. The van der Waals surface area contributed by atoms with Crippen molar-refractivity contribution in [1.29, 1.82) is 0 Å². The summed E-state index contributed by atoms with van der Waals surface area (Å²) in [6.07, 6.45) is 1.97. The van der Waals surface area contributed by atoms with E-state index in [0.29, 0.717) is 17.9 Å². The highest BCUT2D eigenvalue weighted by Gasteiger charge is 2.21. The Balaban J connectivity index is 1.75. The van der Waals surface area contributed by atoms with Crippen LogP contribution >= 0.6 is 0 Å². The Morgan fingerprint density at radius 1 is 1.05 bits per heavy atom. The average Bonchev–Trinajstić information content (AvgIpc) is 2.80. The Kier molecular flexibility index (Phi) is 2.91. The zero-order chi connectivity index (χ0) is 13.2. The van der Waals surface area contributed by atoms with E-state index in [2.05, 4.69) is 49.9 Å². The summed E-state index contributed by atoms with van der Waals surface area (Å²) in [5, 5.41) is 6.19. The number of fused-ring (bicyclic) bond motifs is 1. The van der Waals surface area contributed by atoms with Gasteiger partial charge in [-0.2, -0.15) is 15.0 Å². The molecule has 98 valence electrons. The summed E-state index contributed by atoms with van der Waals surface area (Å²) < 4.78 is 0. The van der Waals surface area contributed by atoms with Gasteiger partial charge in [-0.05, 0) is 24.0 Å². The fourth-order valence-electron chi connectivity index (χ4n) is 2.41. The van der Waals surface area contributed by atoms with Gasteiger partial charge in [0.05, 0.1) is 0 Å². The Morgan fingerprint density at radius 3 is 2.32 bits per heavy atom. The van der Waals surface area contributed by atoms with E-state index in [1.807, 2.05) is 0 Å². The second-order valence-electron chi connectivity index (χ2n) is 4.61. The Hall–Kier alpha value is -2.37. The second-order valence-corrected chi connectivity index (χ2v) is 4.61. The van der Waals surface area contributed by atoms with Crippen LogP contribution in [0.3, 0.4) is 0 Å². The molecular formula is C13H16N6. The van der Waals surface area contributed by atoms with Crippen LogP contribution in [-0.2, 0) is 12.8 Å². The van der Waals surface area contributed by atoms with E-state index in [1.54, 1.807) is 7.05 Å². The first-order valence-corrected chi connectivity index (χ1v) is 6.27. The molecule has 2 aromatic rings. The number of aromatic nitrogens is 3. The Morgan fingerprint density at radius 2 is 1.68 bits per heavy atom. The first-order chi connectivity index (χ1) is 9.24. The molecule has 3 rings (SSSR count). The van der Waals surface area contributed by atoms with Crippen LogP contribution in [-0.4, -0.2) is 28.0 Å². The number of nitrogens with two attached hydrogens (primary N) is 1. The molecule has 0 saturated carbocycles. The number of anilines is 3. The Labute approximate surface area is 111 Å². The molecule has 0 amide bonds. The van der Waals surface area contributed by atoms with Gasteiger partial charge in [0.2, 0.25) is 17.8 Å². The van der Waals surface area contributed by atoms with Crippen LogP contribution in [0.5, 0.6) is 0 Å². The largest absolute Gasteiger partial charge is 0.368 e. The molecule has 1 aromatic heterocycles. The maximum absolute atomic E-state index is 5.65. The lowest BCUT2D eigenvalue weighted by Crippen LogP contribution is -2.22. The van der Waals surface area contributed by atoms with Crippen LogP contribution in [0.25, 0.3) is 0 Å². The maximum Gasteiger partial charge on any atom is 0.229 e. The molecule has 6 heteroatoms. The molecule has 0 aliphatic heterocycles. The van der Waals surface area contributed by atoms with E-state index in [4.69, 9.17) is 5.73 Å². The summed E-state index contributed by atoms with van der Waals surface area (Å²) in [6, 6.07) is 8.78. The van der Waals surface area contributed by atoms with E-state index in [0.717, 1.165) is 12.8 Å². The molecule has 0 spiro atoms. The smallest absolute Gasteiger partial charge is 0.229 e. The third-order valence-electron chi connectivity index (χ3n) is 3.26. The normalized spacial score (nSPS) is 14.2. The van der Waals surface area contributed by atoms with Crippen molar-refractivity contribution in [2.75, 3.05) is 23.4 Å². The summed E-state index contributed by atoms with van der Waals surface area (Å²) in [7, 11) is 1.75. The van der Waals surface area contributed by atoms with Crippen LogP contribution in [0.4, 0.5) is 17.8 Å². The van der Waals surface area contributed by atoms with Crippen LogP contribution in [0.1, 0.15) is 11.1 Å². The molecule has 1 aromatic carbocycles. The van der Waals surface area contributed by atoms with Crippen molar-refractivity contribution in [2.45, 2.75) is 18.9 Å². The quantitative estimate of drug-likeness (QED) is 0.761. The minimum absolute atomic E-state index is 0.220. The molecule has 0 unspecified atom stereocenters. The molecule has 6 nitrogen and oxygen atoms in total. The van der Waals surface area contributed by atoms with Gasteiger partial charge >= 0.3 is 0 Å². The molecular weight excluding hydrogens is 240 g/mol. The second kappa shape index (κ2) is 4.72. The lowest BCUT2D eigenvalue weighted by atomic mass is 10.1. The molecule has 0 atom stereocenters. The van der Waals surface area contributed by atoms with E-state index in [-0.39, 0.29) is 5.95 Å². The third-order valence-corrected chi connectivity index (χ3v) is 3.26. The summed E-state index contributed by atoms with van der Waals surface area (Å²) in [5.74, 6) is 1.22. The molecule has 19 heavy (non-hydrogen) atoms. The average molecular weight is 256 g/mol. The van der Waals surface area contributed by atoms with Gasteiger partial charge in [-0.3, -0.25) is 0 Å².